The lowest BCUT2D eigenvalue weighted by molar-refractivity contribution is -0.144. The summed E-state index contributed by atoms with van der Waals surface area (Å²) in [6.45, 7) is 9.06. The fourth-order valence-electron chi connectivity index (χ4n) is 2.05. The Morgan fingerprint density at radius 1 is 1.05 bits per heavy atom. The number of carbonyl (C=O) groups is 1. The first kappa shape index (κ1) is 17.4. The Balaban J connectivity index is 2.25. The van der Waals surface area contributed by atoms with Crippen molar-refractivity contribution in [3.63, 3.8) is 0 Å². The van der Waals surface area contributed by atoms with E-state index < -0.39 is 0 Å². The second-order valence-electron chi connectivity index (χ2n) is 5.13. The first-order valence-corrected chi connectivity index (χ1v) is 7.84. The average molecular weight is 286 g/mol. The van der Waals surface area contributed by atoms with Gasteiger partial charge in [-0.1, -0.05) is 13.3 Å². The summed E-state index contributed by atoms with van der Waals surface area (Å²) in [6.07, 6.45) is 2.43. The largest absolute Gasteiger partial charge is 0.466 e. The topological polar surface area (TPSA) is 74.4 Å². The van der Waals surface area contributed by atoms with Crippen molar-refractivity contribution in [1.82, 2.24) is 21.3 Å². The van der Waals surface area contributed by atoms with Crippen LogP contribution in [-0.4, -0.2) is 64.4 Å². The molecular weight excluding hydrogens is 256 g/mol. The van der Waals surface area contributed by atoms with E-state index in [9.17, 15) is 4.79 Å². The van der Waals surface area contributed by atoms with Crippen LogP contribution in [0.4, 0.5) is 0 Å². The molecule has 1 rings (SSSR count). The van der Waals surface area contributed by atoms with E-state index in [2.05, 4.69) is 28.2 Å². The quantitative estimate of drug-likeness (QED) is 0.402. The molecule has 6 heteroatoms. The fourth-order valence-corrected chi connectivity index (χ4v) is 2.05. The van der Waals surface area contributed by atoms with Crippen LogP contribution in [0.25, 0.3) is 0 Å². The van der Waals surface area contributed by atoms with Crippen molar-refractivity contribution in [3.05, 3.63) is 0 Å². The number of carbonyl (C=O) groups excluding carboxylic acids is 1. The van der Waals surface area contributed by atoms with Gasteiger partial charge in [-0.3, -0.25) is 4.79 Å². The number of hydrogen-bond acceptors (Lipinski definition) is 6. The Hall–Kier alpha value is -0.690. The SMILES string of the molecule is CCCCOC(=O)CC1CNCCNCCNCCN1. The zero-order valence-corrected chi connectivity index (χ0v) is 12.7. The second kappa shape index (κ2) is 12.1. The summed E-state index contributed by atoms with van der Waals surface area (Å²) < 4.78 is 5.22. The van der Waals surface area contributed by atoms with Gasteiger partial charge in [0.15, 0.2) is 0 Å². The van der Waals surface area contributed by atoms with Crippen molar-refractivity contribution in [3.8, 4) is 0 Å². The monoisotopic (exact) mass is 286 g/mol. The van der Waals surface area contributed by atoms with E-state index in [1.54, 1.807) is 0 Å². The highest BCUT2D eigenvalue weighted by Gasteiger charge is 2.14. The number of nitrogens with one attached hydrogen (secondary N) is 4. The summed E-state index contributed by atoms with van der Waals surface area (Å²) in [6, 6.07) is 0.144. The minimum Gasteiger partial charge on any atom is -0.466 e. The second-order valence-corrected chi connectivity index (χ2v) is 5.13. The summed E-state index contributed by atoms with van der Waals surface area (Å²) in [4.78, 5) is 11.7. The lowest BCUT2D eigenvalue weighted by atomic mass is 10.2. The van der Waals surface area contributed by atoms with Crippen molar-refractivity contribution < 1.29 is 9.53 Å². The van der Waals surface area contributed by atoms with E-state index in [-0.39, 0.29) is 12.0 Å². The van der Waals surface area contributed by atoms with Gasteiger partial charge >= 0.3 is 5.97 Å². The van der Waals surface area contributed by atoms with E-state index in [0.29, 0.717) is 13.0 Å². The highest BCUT2D eigenvalue weighted by Crippen LogP contribution is 1.97. The number of hydrogen-bond donors (Lipinski definition) is 4. The molecule has 0 aromatic carbocycles. The normalized spacial score (nSPS) is 22.6. The average Bonchev–Trinajstić information content (AvgIpc) is 2.42. The highest BCUT2D eigenvalue weighted by molar-refractivity contribution is 5.70. The molecule has 118 valence electrons. The Labute approximate surface area is 122 Å². The van der Waals surface area contributed by atoms with Gasteiger partial charge in [0, 0.05) is 51.9 Å². The molecule has 4 N–H and O–H groups in total. The van der Waals surface area contributed by atoms with Gasteiger partial charge in [-0.05, 0) is 6.42 Å². The van der Waals surface area contributed by atoms with E-state index in [0.717, 1.165) is 58.7 Å². The van der Waals surface area contributed by atoms with Crippen LogP contribution in [0.1, 0.15) is 26.2 Å². The maximum Gasteiger partial charge on any atom is 0.307 e. The van der Waals surface area contributed by atoms with Crippen LogP contribution in [0.15, 0.2) is 0 Å². The summed E-state index contributed by atoms with van der Waals surface area (Å²) >= 11 is 0. The van der Waals surface area contributed by atoms with Crippen LogP contribution in [-0.2, 0) is 9.53 Å². The molecule has 1 aliphatic rings. The van der Waals surface area contributed by atoms with Crippen LogP contribution in [0.3, 0.4) is 0 Å². The third kappa shape index (κ3) is 9.25. The van der Waals surface area contributed by atoms with Gasteiger partial charge in [0.1, 0.15) is 0 Å². The lowest BCUT2D eigenvalue weighted by Crippen LogP contribution is -2.46. The molecule has 0 aromatic heterocycles. The van der Waals surface area contributed by atoms with Crippen LogP contribution in [0.5, 0.6) is 0 Å². The maximum atomic E-state index is 11.7. The Kier molecular flexibility index (Phi) is 10.5. The predicted octanol–water partition coefficient (Wildman–Crippen LogP) is -0.540. The van der Waals surface area contributed by atoms with Crippen molar-refractivity contribution >= 4 is 5.97 Å². The molecule has 1 unspecified atom stereocenters. The fraction of sp³-hybridized carbons (Fsp3) is 0.929. The number of rotatable bonds is 5. The molecule has 1 saturated heterocycles. The molecule has 0 aromatic rings. The molecule has 0 amide bonds. The molecule has 1 fully saturated rings. The molecule has 0 bridgehead atoms. The Morgan fingerprint density at radius 2 is 1.70 bits per heavy atom. The molecule has 20 heavy (non-hydrogen) atoms. The van der Waals surface area contributed by atoms with E-state index in [1.165, 1.54) is 0 Å². The van der Waals surface area contributed by atoms with Crippen LogP contribution < -0.4 is 21.3 Å². The lowest BCUT2D eigenvalue weighted by Gasteiger charge is -2.20. The van der Waals surface area contributed by atoms with Crippen molar-refractivity contribution in [2.24, 2.45) is 0 Å². The first-order valence-electron chi connectivity index (χ1n) is 7.84. The number of esters is 1. The van der Waals surface area contributed by atoms with Crippen LogP contribution in [0, 0.1) is 0 Å². The van der Waals surface area contributed by atoms with Crippen molar-refractivity contribution in [1.29, 1.82) is 0 Å². The van der Waals surface area contributed by atoms with Gasteiger partial charge in [-0.15, -0.1) is 0 Å². The van der Waals surface area contributed by atoms with Crippen molar-refractivity contribution in [2.75, 3.05) is 52.4 Å². The molecule has 1 atom stereocenters. The third-order valence-electron chi connectivity index (χ3n) is 3.26. The predicted molar refractivity (Wildman–Crippen MR) is 80.9 cm³/mol. The standard InChI is InChI=1S/C14H30N4O2/c1-2-3-10-20-14(19)11-13-12-17-7-6-15-4-5-16-8-9-18-13/h13,15-18H,2-12H2,1H3. The zero-order valence-electron chi connectivity index (χ0n) is 12.7. The molecule has 1 heterocycles. The third-order valence-corrected chi connectivity index (χ3v) is 3.26. The molecule has 0 aliphatic carbocycles. The Morgan fingerprint density at radius 3 is 2.40 bits per heavy atom. The smallest absolute Gasteiger partial charge is 0.307 e. The highest BCUT2D eigenvalue weighted by atomic mass is 16.5. The maximum absolute atomic E-state index is 11.7. The minimum absolute atomic E-state index is 0.101. The van der Waals surface area contributed by atoms with Crippen molar-refractivity contribution in [2.45, 2.75) is 32.2 Å². The van der Waals surface area contributed by atoms with Crippen LogP contribution in [0.2, 0.25) is 0 Å². The van der Waals surface area contributed by atoms with Gasteiger partial charge in [-0.25, -0.2) is 0 Å². The van der Waals surface area contributed by atoms with Gasteiger partial charge < -0.3 is 26.0 Å². The summed E-state index contributed by atoms with van der Waals surface area (Å²) in [5.41, 5.74) is 0. The minimum atomic E-state index is -0.101. The molecular formula is C14H30N4O2. The number of unbranched alkanes of at least 4 members (excludes halogenated alkanes) is 1. The first-order chi connectivity index (χ1) is 9.83. The van der Waals surface area contributed by atoms with Gasteiger partial charge in [0.05, 0.1) is 13.0 Å². The molecule has 0 radical (unpaired) electrons. The molecule has 1 aliphatic heterocycles. The van der Waals surface area contributed by atoms with E-state index >= 15 is 0 Å². The number of ether oxygens (including phenoxy) is 1. The van der Waals surface area contributed by atoms with Crippen LogP contribution >= 0.6 is 0 Å². The van der Waals surface area contributed by atoms with Gasteiger partial charge in [0.25, 0.3) is 0 Å². The Bertz CT molecular complexity index is 239. The van der Waals surface area contributed by atoms with E-state index in [4.69, 9.17) is 4.74 Å². The zero-order chi connectivity index (χ0) is 14.5. The molecule has 6 nitrogen and oxygen atoms in total. The van der Waals surface area contributed by atoms with E-state index in [1.807, 2.05) is 0 Å². The molecule has 0 saturated carbocycles. The summed E-state index contributed by atoms with van der Waals surface area (Å²) in [7, 11) is 0. The van der Waals surface area contributed by atoms with Gasteiger partial charge in [-0.2, -0.15) is 0 Å². The van der Waals surface area contributed by atoms with Gasteiger partial charge in [0.2, 0.25) is 0 Å². The summed E-state index contributed by atoms with van der Waals surface area (Å²) in [5.74, 6) is -0.101. The summed E-state index contributed by atoms with van der Waals surface area (Å²) in [5, 5.41) is 13.5. The molecule has 0 spiro atoms.